The third-order valence-electron chi connectivity index (χ3n) is 4.49. The molecule has 2 aromatic rings. The van der Waals surface area contributed by atoms with E-state index in [1.54, 1.807) is 18.2 Å². The minimum atomic E-state index is 0. The summed E-state index contributed by atoms with van der Waals surface area (Å²) in [6.45, 7) is 3.25. The average molecular weight is 348 g/mol. The van der Waals surface area contributed by atoms with Crippen LogP contribution in [-0.2, 0) is 12.8 Å². The van der Waals surface area contributed by atoms with Crippen LogP contribution in [0.3, 0.4) is 0 Å². The lowest BCUT2D eigenvalue weighted by Crippen LogP contribution is -2.30. The number of hydrogen-bond donors (Lipinski definition) is 2. The van der Waals surface area contributed by atoms with Crippen LogP contribution in [0.1, 0.15) is 24.0 Å². The molecule has 0 spiro atoms. The van der Waals surface area contributed by atoms with E-state index in [-0.39, 0.29) is 12.4 Å². The maximum Gasteiger partial charge on any atom is 0.115 e. The van der Waals surface area contributed by atoms with E-state index in [1.165, 1.54) is 30.5 Å². The second-order valence-corrected chi connectivity index (χ2v) is 6.58. The first-order valence-corrected chi connectivity index (χ1v) is 8.47. The highest BCUT2D eigenvalue weighted by Gasteiger charge is 2.24. The SMILES string of the molecule is Cl.Oc1ccc(CCN(CCc2cccc(O)c2)CC2CC2)cc1. The summed E-state index contributed by atoms with van der Waals surface area (Å²) >= 11 is 0. The minimum Gasteiger partial charge on any atom is -0.508 e. The fraction of sp³-hybridized carbons (Fsp3) is 0.400. The molecule has 1 fully saturated rings. The molecule has 2 aromatic carbocycles. The third kappa shape index (κ3) is 6.06. The summed E-state index contributed by atoms with van der Waals surface area (Å²) in [5.74, 6) is 1.55. The Kier molecular flexibility index (Phi) is 6.95. The fourth-order valence-corrected chi connectivity index (χ4v) is 2.91. The quantitative estimate of drug-likeness (QED) is 0.758. The number of hydrogen-bond acceptors (Lipinski definition) is 3. The molecule has 1 aliphatic carbocycles. The van der Waals surface area contributed by atoms with Gasteiger partial charge in [0.25, 0.3) is 0 Å². The van der Waals surface area contributed by atoms with E-state index in [2.05, 4.69) is 11.0 Å². The monoisotopic (exact) mass is 347 g/mol. The molecule has 0 saturated heterocycles. The van der Waals surface area contributed by atoms with Gasteiger partial charge in [0.2, 0.25) is 0 Å². The highest BCUT2D eigenvalue weighted by atomic mass is 35.5. The molecule has 0 atom stereocenters. The van der Waals surface area contributed by atoms with E-state index in [0.717, 1.165) is 31.8 Å². The molecule has 3 nitrogen and oxygen atoms in total. The molecule has 24 heavy (non-hydrogen) atoms. The number of phenols is 2. The van der Waals surface area contributed by atoms with Gasteiger partial charge in [-0.2, -0.15) is 0 Å². The van der Waals surface area contributed by atoms with Crippen molar-refractivity contribution in [3.63, 3.8) is 0 Å². The third-order valence-corrected chi connectivity index (χ3v) is 4.49. The van der Waals surface area contributed by atoms with Gasteiger partial charge in [0, 0.05) is 19.6 Å². The van der Waals surface area contributed by atoms with Gasteiger partial charge >= 0.3 is 0 Å². The van der Waals surface area contributed by atoms with Crippen LogP contribution >= 0.6 is 12.4 Å². The van der Waals surface area contributed by atoms with Crippen LogP contribution in [0.2, 0.25) is 0 Å². The van der Waals surface area contributed by atoms with Crippen LogP contribution in [-0.4, -0.2) is 34.7 Å². The van der Waals surface area contributed by atoms with Crippen molar-refractivity contribution in [2.75, 3.05) is 19.6 Å². The van der Waals surface area contributed by atoms with E-state index < -0.39 is 0 Å². The lowest BCUT2D eigenvalue weighted by atomic mass is 10.1. The molecule has 2 N–H and O–H groups in total. The van der Waals surface area contributed by atoms with Gasteiger partial charge in [0.15, 0.2) is 0 Å². The predicted molar refractivity (Wildman–Crippen MR) is 100 cm³/mol. The highest BCUT2D eigenvalue weighted by Crippen LogP contribution is 2.30. The Morgan fingerprint density at radius 3 is 2.12 bits per heavy atom. The number of rotatable bonds is 8. The van der Waals surface area contributed by atoms with E-state index in [4.69, 9.17) is 0 Å². The fourth-order valence-electron chi connectivity index (χ4n) is 2.91. The summed E-state index contributed by atoms with van der Waals surface area (Å²) in [6, 6.07) is 15.1. The van der Waals surface area contributed by atoms with Gasteiger partial charge in [-0.05, 0) is 67.0 Å². The Bertz CT molecular complexity index is 626. The zero-order valence-corrected chi connectivity index (χ0v) is 14.7. The van der Waals surface area contributed by atoms with Crippen molar-refractivity contribution in [2.45, 2.75) is 25.7 Å². The van der Waals surface area contributed by atoms with Crippen LogP contribution < -0.4 is 0 Å². The van der Waals surface area contributed by atoms with Gasteiger partial charge in [0.1, 0.15) is 11.5 Å². The van der Waals surface area contributed by atoms with Crippen molar-refractivity contribution in [1.29, 1.82) is 0 Å². The number of benzene rings is 2. The maximum absolute atomic E-state index is 9.57. The first-order valence-electron chi connectivity index (χ1n) is 8.47. The topological polar surface area (TPSA) is 43.7 Å². The Labute approximate surface area is 150 Å². The molecule has 0 radical (unpaired) electrons. The number of nitrogens with zero attached hydrogens (tertiary/aromatic N) is 1. The molecule has 1 saturated carbocycles. The molecule has 0 aromatic heterocycles. The van der Waals surface area contributed by atoms with Crippen LogP contribution in [0.5, 0.6) is 11.5 Å². The van der Waals surface area contributed by atoms with Crippen LogP contribution in [0.25, 0.3) is 0 Å². The molecule has 0 unspecified atom stereocenters. The van der Waals surface area contributed by atoms with Gasteiger partial charge in [-0.15, -0.1) is 12.4 Å². The molecule has 1 aliphatic rings. The van der Waals surface area contributed by atoms with Gasteiger partial charge in [0.05, 0.1) is 0 Å². The van der Waals surface area contributed by atoms with Crippen molar-refractivity contribution in [3.05, 3.63) is 59.7 Å². The molecular weight excluding hydrogens is 322 g/mol. The summed E-state index contributed by atoms with van der Waals surface area (Å²) in [7, 11) is 0. The minimum absolute atomic E-state index is 0. The lowest BCUT2D eigenvalue weighted by Gasteiger charge is -2.22. The van der Waals surface area contributed by atoms with Crippen LogP contribution in [0.4, 0.5) is 0 Å². The Morgan fingerprint density at radius 2 is 1.50 bits per heavy atom. The number of aromatic hydroxyl groups is 2. The van der Waals surface area contributed by atoms with Gasteiger partial charge in [-0.1, -0.05) is 24.3 Å². The Balaban J connectivity index is 0.00000208. The lowest BCUT2D eigenvalue weighted by molar-refractivity contribution is 0.269. The van der Waals surface area contributed by atoms with Crippen molar-refractivity contribution in [1.82, 2.24) is 4.90 Å². The molecule has 0 bridgehead atoms. The van der Waals surface area contributed by atoms with E-state index in [1.807, 2.05) is 24.3 Å². The van der Waals surface area contributed by atoms with Crippen LogP contribution in [0.15, 0.2) is 48.5 Å². The summed E-state index contributed by atoms with van der Waals surface area (Å²) in [4.78, 5) is 2.54. The normalized spacial score (nSPS) is 13.7. The van der Waals surface area contributed by atoms with Crippen molar-refractivity contribution < 1.29 is 10.2 Å². The molecular formula is C20H26ClNO2. The standard InChI is InChI=1S/C20H25NO2.ClH/c22-19-8-6-16(7-9-19)10-12-21(15-18-4-5-18)13-11-17-2-1-3-20(23)14-17;/h1-3,6-9,14,18,22-23H,4-5,10-13,15H2;1H. The molecule has 3 rings (SSSR count). The first-order chi connectivity index (χ1) is 11.2. The molecule has 0 heterocycles. The van der Waals surface area contributed by atoms with Gasteiger partial charge in [-0.25, -0.2) is 0 Å². The second-order valence-electron chi connectivity index (χ2n) is 6.58. The number of halogens is 1. The molecule has 0 aliphatic heterocycles. The zero-order valence-electron chi connectivity index (χ0n) is 13.9. The second kappa shape index (κ2) is 8.95. The summed E-state index contributed by atoms with van der Waals surface area (Å²) in [5.41, 5.74) is 2.45. The number of phenolic OH excluding ortho intramolecular Hbond substituents is 2. The molecule has 0 amide bonds. The Morgan fingerprint density at radius 1 is 0.833 bits per heavy atom. The van der Waals surface area contributed by atoms with E-state index in [0.29, 0.717) is 11.5 Å². The van der Waals surface area contributed by atoms with E-state index in [9.17, 15) is 10.2 Å². The van der Waals surface area contributed by atoms with Gasteiger partial charge < -0.3 is 15.1 Å². The predicted octanol–water partition coefficient (Wildman–Crippen LogP) is 4.02. The van der Waals surface area contributed by atoms with Crippen molar-refractivity contribution in [2.24, 2.45) is 5.92 Å². The summed E-state index contributed by atoms with van der Waals surface area (Å²) in [6.07, 6.45) is 4.70. The first kappa shape index (κ1) is 18.6. The van der Waals surface area contributed by atoms with E-state index >= 15 is 0 Å². The molecule has 130 valence electrons. The zero-order chi connectivity index (χ0) is 16.1. The summed E-state index contributed by atoms with van der Waals surface area (Å²) in [5, 5.41) is 18.9. The summed E-state index contributed by atoms with van der Waals surface area (Å²) < 4.78 is 0. The van der Waals surface area contributed by atoms with Gasteiger partial charge in [-0.3, -0.25) is 0 Å². The maximum atomic E-state index is 9.57. The average Bonchev–Trinajstić information content (AvgIpc) is 3.36. The van der Waals surface area contributed by atoms with Crippen molar-refractivity contribution >= 4 is 12.4 Å². The molecule has 4 heteroatoms. The largest absolute Gasteiger partial charge is 0.508 e. The highest BCUT2D eigenvalue weighted by molar-refractivity contribution is 5.85. The van der Waals surface area contributed by atoms with Crippen LogP contribution in [0, 0.1) is 5.92 Å². The van der Waals surface area contributed by atoms with Crippen molar-refractivity contribution in [3.8, 4) is 11.5 Å². The Hall–Kier alpha value is -1.71. The smallest absolute Gasteiger partial charge is 0.115 e.